The number of nitrogens with one attached hydrogen (secondary N) is 2. The Bertz CT molecular complexity index is 1290. The molecule has 0 saturated carbocycles. The average Bonchev–Trinajstić information content (AvgIpc) is 3.28. The number of aromatic nitrogens is 3. The van der Waals surface area contributed by atoms with E-state index in [-0.39, 0.29) is 17.6 Å². The maximum Gasteiger partial charge on any atom is 0.234 e. The lowest BCUT2D eigenvalue weighted by Gasteiger charge is -2.12. The molecule has 9 heteroatoms. The maximum absolute atomic E-state index is 12.7. The molecule has 0 aliphatic heterocycles. The highest BCUT2D eigenvalue weighted by atomic mass is 32.2. The maximum atomic E-state index is 12.7. The Morgan fingerprint density at radius 2 is 1.65 bits per heavy atom. The van der Waals surface area contributed by atoms with Gasteiger partial charge in [-0.1, -0.05) is 60.3 Å². The predicted octanol–water partition coefficient (Wildman–Crippen LogP) is 4.63. The smallest absolute Gasteiger partial charge is 0.234 e. The summed E-state index contributed by atoms with van der Waals surface area (Å²) in [5.41, 5.74) is 2.87. The van der Waals surface area contributed by atoms with E-state index < -0.39 is 0 Å². The van der Waals surface area contributed by atoms with E-state index in [1.54, 1.807) is 18.2 Å². The van der Waals surface area contributed by atoms with Crippen molar-refractivity contribution < 1.29 is 14.3 Å². The lowest BCUT2D eigenvalue weighted by molar-refractivity contribution is -0.114. The summed E-state index contributed by atoms with van der Waals surface area (Å²) in [7, 11) is 1.52. The topological polar surface area (TPSA) is 98.1 Å². The average molecular weight is 474 g/mol. The van der Waals surface area contributed by atoms with Crippen LogP contribution in [-0.2, 0) is 9.59 Å². The van der Waals surface area contributed by atoms with Crippen LogP contribution in [0.5, 0.6) is 5.75 Å². The molecule has 2 amide bonds. The Balaban J connectivity index is 1.52. The van der Waals surface area contributed by atoms with Crippen molar-refractivity contribution >= 4 is 35.0 Å². The van der Waals surface area contributed by atoms with Gasteiger partial charge in [0.2, 0.25) is 11.8 Å². The Morgan fingerprint density at radius 1 is 0.941 bits per heavy atom. The van der Waals surface area contributed by atoms with Gasteiger partial charge in [0.15, 0.2) is 11.0 Å². The van der Waals surface area contributed by atoms with Gasteiger partial charge < -0.3 is 15.4 Å². The van der Waals surface area contributed by atoms with Crippen LogP contribution in [0.3, 0.4) is 0 Å². The molecular weight excluding hydrogens is 450 g/mol. The molecule has 4 rings (SSSR count). The summed E-state index contributed by atoms with van der Waals surface area (Å²) >= 11 is 1.29. The largest absolute Gasteiger partial charge is 0.495 e. The molecule has 0 aliphatic rings. The van der Waals surface area contributed by atoms with E-state index in [1.165, 1.54) is 25.8 Å². The number of anilines is 2. The summed E-state index contributed by atoms with van der Waals surface area (Å²) in [6.07, 6.45) is 0. The quantitative estimate of drug-likeness (QED) is 0.362. The number of carbonyl (C=O) groups excluding carboxylic acids is 2. The van der Waals surface area contributed by atoms with E-state index in [0.717, 1.165) is 11.3 Å². The SMILES string of the molecule is COc1ccc(NC(=O)CSc2nnc(-c3ccccc3)n2-c2ccccc2)cc1NC(C)=O. The minimum Gasteiger partial charge on any atom is -0.495 e. The first-order valence-corrected chi connectivity index (χ1v) is 11.5. The summed E-state index contributed by atoms with van der Waals surface area (Å²) in [6, 6.07) is 24.6. The fourth-order valence-electron chi connectivity index (χ4n) is 3.35. The molecule has 34 heavy (non-hydrogen) atoms. The molecule has 3 aromatic carbocycles. The number of carbonyl (C=O) groups is 2. The third kappa shape index (κ3) is 5.44. The molecule has 0 spiro atoms. The first-order valence-electron chi connectivity index (χ1n) is 10.5. The van der Waals surface area contributed by atoms with Gasteiger partial charge in [0.05, 0.1) is 18.6 Å². The van der Waals surface area contributed by atoms with Gasteiger partial charge in [-0.05, 0) is 30.3 Å². The van der Waals surface area contributed by atoms with Crippen molar-refractivity contribution in [3.05, 3.63) is 78.9 Å². The van der Waals surface area contributed by atoms with Crippen molar-refractivity contribution in [2.75, 3.05) is 23.5 Å². The number of benzene rings is 3. The van der Waals surface area contributed by atoms with Gasteiger partial charge in [0, 0.05) is 23.9 Å². The van der Waals surface area contributed by atoms with E-state index in [9.17, 15) is 9.59 Å². The van der Waals surface area contributed by atoms with Gasteiger partial charge in [-0.2, -0.15) is 0 Å². The zero-order valence-corrected chi connectivity index (χ0v) is 19.5. The summed E-state index contributed by atoms with van der Waals surface area (Å²) in [5, 5.41) is 14.9. The molecule has 0 bridgehead atoms. The lowest BCUT2D eigenvalue weighted by Crippen LogP contribution is -2.15. The molecule has 8 nitrogen and oxygen atoms in total. The molecule has 172 valence electrons. The Morgan fingerprint density at radius 3 is 2.32 bits per heavy atom. The number of amides is 2. The summed E-state index contributed by atoms with van der Waals surface area (Å²) in [6.45, 7) is 1.41. The zero-order chi connectivity index (χ0) is 23.9. The first-order chi connectivity index (χ1) is 16.5. The third-order valence-electron chi connectivity index (χ3n) is 4.81. The normalized spacial score (nSPS) is 10.5. The van der Waals surface area contributed by atoms with Gasteiger partial charge in [0.1, 0.15) is 5.75 Å². The number of methoxy groups -OCH3 is 1. The van der Waals surface area contributed by atoms with Gasteiger partial charge >= 0.3 is 0 Å². The predicted molar refractivity (Wildman–Crippen MR) is 133 cm³/mol. The second-order valence-electron chi connectivity index (χ2n) is 7.28. The molecule has 0 unspecified atom stereocenters. The summed E-state index contributed by atoms with van der Waals surface area (Å²) in [4.78, 5) is 24.1. The zero-order valence-electron chi connectivity index (χ0n) is 18.7. The van der Waals surface area contributed by atoms with Crippen molar-refractivity contribution in [2.24, 2.45) is 0 Å². The van der Waals surface area contributed by atoms with Crippen LogP contribution in [0.4, 0.5) is 11.4 Å². The molecule has 1 aromatic heterocycles. The van der Waals surface area contributed by atoms with Crippen molar-refractivity contribution in [3.8, 4) is 22.8 Å². The van der Waals surface area contributed by atoms with Gasteiger partial charge in [-0.3, -0.25) is 14.2 Å². The molecule has 1 heterocycles. The fourth-order valence-corrected chi connectivity index (χ4v) is 4.10. The van der Waals surface area contributed by atoms with Crippen molar-refractivity contribution in [3.63, 3.8) is 0 Å². The number of nitrogens with zero attached hydrogens (tertiary/aromatic N) is 3. The third-order valence-corrected chi connectivity index (χ3v) is 5.73. The van der Waals surface area contributed by atoms with Crippen LogP contribution in [-0.4, -0.2) is 39.4 Å². The van der Waals surface area contributed by atoms with Crippen LogP contribution in [0.15, 0.2) is 84.0 Å². The first kappa shape index (κ1) is 23.1. The minimum absolute atomic E-state index is 0.126. The molecular formula is C25H23N5O3S. The molecule has 0 fully saturated rings. The Kier molecular flexibility index (Phi) is 7.24. The fraction of sp³-hybridized carbons (Fsp3) is 0.120. The van der Waals surface area contributed by atoms with Crippen molar-refractivity contribution in [2.45, 2.75) is 12.1 Å². The Hall–Kier alpha value is -4.11. The lowest BCUT2D eigenvalue weighted by atomic mass is 10.2. The molecule has 0 radical (unpaired) electrons. The van der Waals surface area contributed by atoms with Crippen LogP contribution in [0.25, 0.3) is 17.1 Å². The standard InChI is InChI=1S/C25H23N5O3S/c1-17(31)26-21-15-19(13-14-22(21)33-2)27-23(32)16-34-25-29-28-24(18-9-5-3-6-10-18)30(25)20-11-7-4-8-12-20/h3-15H,16H2,1-2H3,(H,26,31)(H,27,32). The van der Waals surface area contributed by atoms with Crippen LogP contribution < -0.4 is 15.4 Å². The Labute approximate surface area is 201 Å². The number of para-hydroxylation sites is 1. The van der Waals surface area contributed by atoms with Crippen molar-refractivity contribution in [1.82, 2.24) is 14.8 Å². The van der Waals surface area contributed by atoms with Gasteiger partial charge in [0.25, 0.3) is 0 Å². The number of rotatable bonds is 8. The van der Waals surface area contributed by atoms with Crippen LogP contribution in [0, 0.1) is 0 Å². The summed E-state index contributed by atoms with van der Waals surface area (Å²) < 4.78 is 7.20. The van der Waals surface area contributed by atoms with E-state index in [1.807, 2.05) is 65.2 Å². The molecule has 0 atom stereocenters. The van der Waals surface area contributed by atoms with E-state index in [4.69, 9.17) is 4.74 Å². The van der Waals surface area contributed by atoms with Crippen LogP contribution in [0.1, 0.15) is 6.92 Å². The van der Waals surface area contributed by atoms with Gasteiger partial charge in [-0.15, -0.1) is 10.2 Å². The second kappa shape index (κ2) is 10.7. The summed E-state index contributed by atoms with van der Waals surface area (Å²) in [5.74, 6) is 0.887. The van der Waals surface area contributed by atoms with E-state index in [0.29, 0.717) is 28.1 Å². The molecule has 2 N–H and O–H groups in total. The number of thioether (sulfide) groups is 1. The molecule has 4 aromatic rings. The highest BCUT2D eigenvalue weighted by Gasteiger charge is 2.17. The van der Waals surface area contributed by atoms with Gasteiger partial charge in [-0.25, -0.2) is 0 Å². The monoisotopic (exact) mass is 473 g/mol. The van der Waals surface area contributed by atoms with E-state index >= 15 is 0 Å². The van der Waals surface area contributed by atoms with E-state index in [2.05, 4.69) is 20.8 Å². The van der Waals surface area contributed by atoms with Crippen molar-refractivity contribution in [1.29, 1.82) is 0 Å². The van der Waals surface area contributed by atoms with Crippen LogP contribution in [0.2, 0.25) is 0 Å². The highest BCUT2D eigenvalue weighted by molar-refractivity contribution is 7.99. The molecule has 0 aliphatic carbocycles. The molecule has 0 saturated heterocycles. The second-order valence-corrected chi connectivity index (χ2v) is 8.22. The van der Waals surface area contributed by atoms with Crippen LogP contribution >= 0.6 is 11.8 Å². The number of hydrogen-bond acceptors (Lipinski definition) is 6. The highest BCUT2D eigenvalue weighted by Crippen LogP contribution is 2.29. The number of hydrogen-bond donors (Lipinski definition) is 2. The minimum atomic E-state index is -0.230. The number of ether oxygens (including phenoxy) is 1.